The minimum Gasteiger partial charge on any atom is -0.497 e. The summed E-state index contributed by atoms with van der Waals surface area (Å²) in [6.07, 6.45) is 4.11. The Morgan fingerprint density at radius 2 is 1.68 bits per heavy atom. The van der Waals surface area contributed by atoms with E-state index >= 15 is 0 Å². The van der Waals surface area contributed by atoms with E-state index in [2.05, 4.69) is 4.72 Å². The van der Waals surface area contributed by atoms with E-state index in [1.165, 1.54) is 12.1 Å². The second-order valence-corrected chi connectivity index (χ2v) is 7.05. The van der Waals surface area contributed by atoms with E-state index < -0.39 is 10.0 Å². The van der Waals surface area contributed by atoms with Crippen LogP contribution in [0.3, 0.4) is 0 Å². The molecule has 2 aromatic rings. The van der Waals surface area contributed by atoms with E-state index in [9.17, 15) is 13.2 Å². The van der Waals surface area contributed by atoms with Crippen molar-refractivity contribution in [3.63, 3.8) is 0 Å². The second-order valence-electron chi connectivity index (χ2n) is 5.30. The molecule has 0 saturated heterocycles. The molecule has 0 aliphatic rings. The number of hydrogen-bond donors (Lipinski definition) is 1. The second kappa shape index (κ2) is 7.85. The number of allylic oxidation sites excluding steroid dienone is 1. The Balaban J connectivity index is 2.22. The minimum absolute atomic E-state index is 0.251. The lowest BCUT2D eigenvalue weighted by atomic mass is 10.1. The molecule has 132 valence electrons. The highest BCUT2D eigenvalue weighted by Crippen LogP contribution is 2.23. The Kier molecular flexibility index (Phi) is 5.82. The standard InChI is InChI=1S/C18H19NO5S/c1-23-16-9-13(10-17(12-16)24-2)7-8-18(20)14-5-4-6-15(11-14)19-25(3,21)22/h4-12,19H,1-3H3. The molecule has 0 saturated carbocycles. The van der Waals surface area contributed by atoms with Gasteiger partial charge >= 0.3 is 0 Å². The van der Waals surface area contributed by atoms with Gasteiger partial charge in [-0.25, -0.2) is 8.42 Å². The largest absolute Gasteiger partial charge is 0.497 e. The number of anilines is 1. The molecule has 0 atom stereocenters. The van der Waals surface area contributed by atoms with Crippen LogP contribution in [-0.2, 0) is 10.0 Å². The number of rotatable bonds is 7. The SMILES string of the molecule is COc1cc(C=CC(=O)c2cccc(NS(C)(=O)=O)c2)cc(OC)c1. The van der Waals surface area contributed by atoms with E-state index in [0.29, 0.717) is 22.7 Å². The van der Waals surface area contributed by atoms with Crippen LogP contribution in [-0.4, -0.2) is 34.7 Å². The van der Waals surface area contributed by atoms with Crippen molar-refractivity contribution in [1.82, 2.24) is 0 Å². The third-order valence-electron chi connectivity index (χ3n) is 3.25. The first-order valence-electron chi connectivity index (χ1n) is 7.34. The van der Waals surface area contributed by atoms with Crippen LogP contribution in [0.5, 0.6) is 11.5 Å². The zero-order valence-corrected chi connectivity index (χ0v) is 15.0. The van der Waals surface area contributed by atoms with Gasteiger partial charge in [0.1, 0.15) is 11.5 Å². The Hall–Kier alpha value is -2.80. The average molecular weight is 361 g/mol. The van der Waals surface area contributed by atoms with Crippen LogP contribution in [0.2, 0.25) is 0 Å². The van der Waals surface area contributed by atoms with E-state index in [-0.39, 0.29) is 5.78 Å². The summed E-state index contributed by atoms with van der Waals surface area (Å²) < 4.78 is 35.3. The molecular formula is C18H19NO5S. The average Bonchev–Trinajstić information content (AvgIpc) is 2.58. The summed E-state index contributed by atoms with van der Waals surface area (Å²) in [7, 11) is -0.299. The first kappa shape index (κ1) is 18.5. The molecule has 0 unspecified atom stereocenters. The van der Waals surface area contributed by atoms with Crippen LogP contribution >= 0.6 is 0 Å². The smallest absolute Gasteiger partial charge is 0.229 e. The minimum atomic E-state index is -3.40. The predicted molar refractivity (Wildman–Crippen MR) is 97.8 cm³/mol. The van der Waals surface area contributed by atoms with Crippen molar-refractivity contribution in [2.24, 2.45) is 0 Å². The first-order chi connectivity index (χ1) is 11.8. The summed E-state index contributed by atoms with van der Waals surface area (Å²) in [5.41, 5.74) is 1.46. The van der Waals surface area contributed by atoms with Gasteiger partial charge in [0.15, 0.2) is 5.78 Å². The maximum atomic E-state index is 12.3. The van der Waals surface area contributed by atoms with Gasteiger partial charge in [-0.1, -0.05) is 18.2 Å². The fourth-order valence-corrected chi connectivity index (χ4v) is 2.70. The van der Waals surface area contributed by atoms with Crippen molar-refractivity contribution < 1.29 is 22.7 Å². The third-order valence-corrected chi connectivity index (χ3v) is 3.86. The predicted octanol–water partition coefficient (Wildman–Crippen LogP) is 2.97. The van der Waals surface area contributed by atoms with Gasteiger partial charge in [0, 0.05) is 17.3 Å². The number of ketones is 1. The molecule has 2 aromatic carbocycles. The molecule has 0 amide bonds. The first-order valence-corrected chi connectivity index (χ1v) is 9.23. The van der Waals surface area contributed by atoms with Crippen LogP contribution in [0.1, 0.15) is 15.9 Å². The fourth-order valence-electron chi connectivity index (χ4n) is 2.14. The van der Waals surface area contributed by atoms with E-state index in [1.807, 2.05) is 0 Å². The molecule has 7 heteroatoms. The number of ether oxygens (including phenoxy) is 2. The Morgan fingerprint density at radius 1 is 1.04 bits per heavy atom. The number of benzene rings is 2. The Morgan fingerprint density at radius 3 is 2.24 bits per heavy atom. The van der Waals surface area contributed by atoms with Gasteiger partial charge in [0.25, 0.3) is 0 Å². The van der Waals surface area contributed by atoms with Crippen molar-refractivity contribution in [2.45, 2.75) is 0 Å². The van der Waals surface area contributed by atoms with E-state index in [0.717, 1.165) is 11.8 Å². The summed E-state index contributed by atoms with van der Waals surface area (Å²) in [6.45, 7) is 0. The summed E-state index contributed by atoms with van der Waals surface area (Å²) in [4.78, 5) is 12.3. The van der Waals surface area contributed by atoms with Crippen LogP contribution in [0.4, 0.5) is 5.69 Å². The number of carbonyl (C=O) groups excluding carboxylic acids is 1. The van der Waals surface area contributed by atoms with Crippen molar-refractivity contribution in [2.75, 3.05) is 25.2 Å². The molecule has 0 aliphatic heterocycles. The molecule has 0 fully saturated rings. The van der Waals surface area contributed by atoms with Crippen LogP contribution < -0.4 is 14.2 Å². The maximum Gasteiger partial charge on any atom is 0.229 e. The van der Waals surface area contributed by atoms with Gasteiger partial charge in [0.2, 0.25) is 10.0 Å². The maximum absolute atomic E-state index is 12.3. The monoisotopic (exact) mass is 361 g/mol. The van der Waals surface area contributed by atoms with Crippen LogP contribution in [0, 0.1) is 0 Å². The Bertz CT molecular complexity index is 881. The fraction of sp³-hybridized carbons (Fsp3) is 0.167. The van der Waals surface area contributed by atoms with Crippen molar-refractivity contribution in [1.29, 1.82) is 0 Å². The van der Waals surface area contributed by atoms with Crippen molar-refractivity contribution >= 4 is 27.6 Å². The van der Waals surface area contributed by atoms with Crippen LogP contribution in [0.15, 0.2) is 48.5 Å². The van der Waals surface area contributed by atoms with Gasteiger partial charge < -0.3 is 9.47 Å². The summed E-state index contributed by atoms with van der Waals surface area (Å²) in [5, 5.41) is 0. The van der Waals surface area contributed by atoms with Gasteiger partial charge in [-0.15, -0.1) is 0 Å². The molecule has 0 radical (unpaired) electrons. The Labute approximate surface area is 147 Å². The number of sulfonamides is 1. The number of nitrogens with one attached hydrogen (secondary N) is 1. The lowest BCUT2D eigenvalue weighted by Crippen LogP contribution is -2.10. The molecule has 0 heterocycles. The highest BCUT2D eigenvalue weighted by atomic mass is 32.2. The quantitative estimate of drug-likeness (QED) is 0.606. The lowest BCUT2D eigenvalue weighted by Gasteiger charge is -2.06. The van der Waals surface area contributed by atoms with Crippen LogP contribution in [0.25, 0.3) is 6.08 Å². The molecule has 6 nitrogen and oxygen atoms in total. The molecule has 0 bridgehead atoms. The van der Waals surface area contributed by atoms with Gasteiger partial charge in [0.05, 0.1) is 20.5 Å². The zero-order valence-electron chi connectivity index (χ0n) is 14.1. The third kappa shape index (κ3) is 5.65. The van der Waals surface area contributed by atoms with Gasteiger partial charge in [-0.05, 0) is 35.9 Å². The number of carbonyl (C=O) groups is 1. The normalized spacial score (nSPS) is 11.3. The zero-order chi connectivity index (χ0) is 18.4. The number of hydrogen-bond acceptors (Lipinski definition) is 5. The van der Waals surface area contributed by atoms with Crippen molar-refractivity contribution in [3.05, 3.63) is 59.7 Å². The topological polar surface area (TPSA) is 81.7 Å². The molecular weight excluding hydrogens is 342 g/mol. The molecule has 0 aromatic heterocycles. The summed E-state index contributed by atoms with van der Waals surface area (Å²) in [5.74, 6) is 0.982. The summed E-state index contributed by atoms with van der Waals surface area (Å²) >= 11 is 0. The van der Waals surface area contributed by atoms with E-state index in [4.69, 9.17) is 9.47 Å². The summed E-state index contributed by atoms with van der Waals surface area (Å²) in [6, 6.07) is 11.6. The lowest BCUT2D eigenvalue weighted by molar-refractivity contribution is 0.104. The van der Waals surface area contributed by atoms with Gasteiger partial charge in [-0.3, -0.25) is 9.52 Å². The molecule has 25 heavy (non-hydrogen) atoms. The molecule has 1 N–H and O–H groups in total. The number of methoxy groups -OCH3 is 2. The molecule has 2 rings (SSSR count). The van der Waals surface area contributed by atoms with Gasteiger partial charge in [-0.2, -0.15) is 0 Å². The highest BCUT2D eigenvalue weighted by Gasteiger charge is 2.06. The molecule has 0 aliphatic carbocycles. The molecule has 0 spiro atoms. The van der Waals surface area contributed by atoms with Crippen molar-refractivity contribution in [3.8, 4) is 11.5 Å². The highest BCUT2D eigenvalue weighted by molar-refractivity contribution is 7.92. The van der Waals surface area contributed by atoms with E-state index in [1.54, 1.807) is 56.7 Å².